The van der Waals surface area contributed by atoms with Gasteiger partial charge in [-0.3, -0.25) is 9.59 Å². The van der Waals surface area contributed by atoms with Crippen LogP contribution in [0.25, 0.3) is 0 Å². The second kappa shape index (κ2) is 7.84. The van der Waals surface area contributed by atoms with Crippen LogP contribution in [0.15, 0.2) is 24.3 Å². The Balaban J connectivity index is 1.43. The zero-order valence-electron chi connectivity index (χ0n) is 14.2. The van der Waals surface area contributed by atoms with Gasteiger partial charge in [-0.1, -0.05) is 17.7 Å². The highest BCUT2D eigenvalue weighted by Gasteiger charge is 2.41. The number of carbonyl (C=O) groups is 2. The van der Waals surface area contributed by atoms with E-state index in [2.05, 4.69) is 5.32 Å². The number of sulfone groups is 1. The molecule has 0 spiro atoms. The van der Waals surface area contributed by atoms with Crippen LogP contribution in [0.3, 0.4) is 0 Å². The lowest BCUT2D eigenvalue weighted by Crippen LogP contribution is -2.39. The van der Waals surface area contributed by atoms with Crippen molar-refractivity contribution in [2.45, 2.75) is 18.9 Å². The van der Waals surface area contributed by atoms with Gasteiger partial charge in [0.05, 0.1) is 24.0 Å². The molecule has 0 bridgehead atoms. The number of ether oxygens (including phenoxy) is 1. The molecule has 1 aromatic carbocycles. The first-order valence-electron chi connectivity index (χ1n) is 8.50. The number of hydrogen-bond acceptors (Lipinski definition) is 5. The second-order valence-corrected chi connectivity index (χ2v) is 9.27. The van der Waals surface area contributed by atoms with E-state index in [4.69, 9.17) is 16.3 Å². The van der Waals surface area contributed by atoms with E-state index in [-0.39, 0.29) is 48.9 Å². The highest BCUT2D eigenvalue weighted by molar-refractivity contribution is 7.91. The van der Waals surface area contributed by atoms with Crippen molar-refractivity contribution in [3.63, 3.8) is 0 Å². The lowest BCUT2D eigenvalue weighted by Gasteiger charge is -2.22. The smallest absolute Gasteiger partial charge is 0.225 e. The van der Waals surface area contributed by atoms with Crippen molar-refractivity contribution >= 4 is 33.3 Å². The van der Waals surface area contributed by atoms with Crippen molar-refractivity contribution in [3.8, 4) is 5.75 Å². The Morgan fingerprint density at radius 3 is 2.88 bits per heavy atom. The molecule has 2 amide bonds. The van der Waals surface area contributed by atoms with Crippen LogP contribution >= 0.6 is 11.6 Å². The predicted molar refractivity (Wildman–Crippen MR) is 96.8 cm³/mol. The van der Waals surface area contributed by atoms with Gasteiger partial charge < -0.3 is 15.0 Å². The molecule has 2 fully saturated rings. The van der Waals surface area contributed by atoms with E-state index in [1.54, 1.807) is 29.2 Å². The molecule has 2 saturated heterocycles. The van der Waals surface area contributed by atoms with Crippen LogP contribution in [-0.2, 0) is 19.4 Å². The Morgan fingerprint density at radius 1 is 1.38 bits per heavy atom. The van der Waals surface area contributed by atoms with Crippen molar-refractivity contribution in [3.05, 3.63) is 29.3 Å². The highest BCUT2D eigenvalue weighted by atomic mass is 35.5. The van der Waals surface area contributed by atoms with Crippen LogP contribution in [0, 0.1) is 5.92 Å². The van der Waals surface area contributed by atoms with Gasteiger partial charge >= 0.3 is 0 Å². The average Bonchev–Trinajstić information content (AvgIpc) is 3.13. The fourth-order valence-corrected chi connectivity index (χ4v) is 5.24. The Morgan fingerprint density at radius 2 is 2.19 bits per heavy atom. The van der Waals surface area contributed by atoms with Crippen LogP contribution in [-0.4, -0.2) is 62.4 Å². The van der Waals surface area contributed by atoms with Gasteiger partial charge in [0.2, 0.25) is 11.8 Å². The third-order valence-corrected chi connectivity index (χ3v) is 6.63. The van der Waals surface area contributed by atoms with E-state index in [0.717, 1.165) is 0 Å². The topological polar surface area (TPSA) is 92.8 Å². The van der Waals surface area contributed by atoms with E-state index in [0.29, 0.717) is 23.7 Å². The summed E-state index contributed by atoms with van der Waals surface area (Å²) in [5, 5.41) is 3.34. The normalized spacial score (nSPS) is 24.7. The minimum absolute atomic E-state index is 0.000550. The molecule has 2 heterocycles. The third-order valence-electron chi connectivity index (χ3n) is 4.64. The predicted octanol–water partition coefficient (Wildman–Crippen LogP) is 0.871. The first kappa shape index (κ1) is 19.0. The van der Waals surface area contributed by atoms with Crippen LogP contribution < -0.4 is 10.1 Å². The lowest BCUT2D eigenvalue weighted by molar-refractivity contribution is -0.130. The number of carbonyl (C=O) groups excluding carboxylic acids is 2. The maximum Gasteiger partial charge on any atom is 0.225 e. The van der Waals surface area contributed by atoms with Crippen molar-refractivity contribution < 1.29 is 22.7 Å². The summed E-state index contributed by atoms with van der Waals surface area (Å²) < 4.78 is 28.7. The molecule has 26 heavy (non-hydrogen) atoms. The van der Waals surface area contributed by atoms with Crippen LogP contribution in [0.4, 0.5) is 0 Å². The number of hydrogen-bond donors (Lipinski definition) is 1. The molecule has 2 unspecified atom stereocenters. The van der Waals surface area contributed by atoms with Crippen LogP contribution in [0.2, 0.25) is 5.02 Å². The van der Waals surface area contributed by atoms with E-state index >= 15 is 0 Å². The zero-order valence-corrected chi connectivity index (χ0v) is 15.8. The summed E-state index contributed by atoms with van der Waals surface area (Å²) in [5.41, 5.74) is 0. The van der Waals surface area contributed by atoms with E-state index < -0.39 is 15.8 Å². The third kappa shape index (κ3) is 4.67. The molecule has 9 heteroatoms. The number of nitrogens with zero attached hydrogens (tertiary/aromatic N) is 1. The van der Waals surface area contributed by atoms with Gasteiger partial charge in [0, 0.05) is 24.0 Å². The van der Waals surface area contributed by atoms with E-state index in [9.17, 15) is 18.0 Å². The molecule has 3 rings (SSSR count). The van der Waals surface area contributed by atoms with Crippen molar-refractivity contribution in [1.29, 1.82) is 0 Å². The molecule has 0 radical (unpaired) electrons. The summed E-state index contributed by atoms with van der Waals surface area (Å²) in [5.74, 6) is -0.0769. The monoisotopic (exact) mass is 400 g/mol. The SMILES string of the molecule is O=C(NCCOc1cccc(Cl)c1)C1CC(=O)N(C2CCS(=O)(=O)C2)C1. The van der Waals surface area contributed by atoms with Gasteiger partial charge in [-0.2, -0.15) is 0 Å². The Kier molecular flexibility index (Phi) is 5.72. The van der Waals surface area contributed by atoms with Crippen molar-refractivity contribution in [1.82, 2.24) is 10.2 Å². The fraction of sp³-hybridized carbons (Fsp3) is 0.529. The molecule has 1 N–H and O–H groups in total. The maximum atomic E-state index is 12.3. The molecule has 2 aliphatic heterocycles. The second-order valence-electron chi connectivity index (χ2n) is 6.60. The lowest BCUT2D eigenvalue weighted by atomic mass is 10.1. The summed E-state index contributed by atoms with van der Waals surface area (Å²) in [6.07, 6.45) is 0.577. The zero-order chi connectivity index (χ0) is 18.7. The van der Waals surface area contributed by atoms with E-state index in [1.807, 2.05) is 0 Å². The maximum absolute atomic E-state index is 12.3. The number of halogens is 1. The Labute approximate surface area is 157 Å². The van der Waals surface area contributed by atoms with Crippen molar-refractivity contribution in [2.24, 2.45) is 5.92 Å². The largest absolute Gasteiger partial charge is 0.492 e. The molecule has 0 aliphatic carbocycles. The molecule has 2 aliphatic rings. The summed E-state index contributed by atoms with van der Waals surface area (Å²) in [7, 11) is -3.06. The van der Waals surface area contributed by atoms with Gasteiger partial charge in [-0.05, 0) is 24.6 Å². The minimum Gasteiger partial charge on any atom is -0.492 e. The fourth-order valence-electron chi connectivity index (χ4n) is 3.33. The first-order valence-corrected chi connectivity index (χ1v) is 10.7. The summed E-state index contributed by atoms with van der Waals surface area (Å²) in [4.78, 5) is 26.0. The van der Waals surface area contributed by atoms with Gasteiger partial charge in [-0.15, -0.1) is 0 Å². The standard InChI is InChI=1S/C17H21ClN2O5S/c18-13-2-1-3-15(9-13)25-6-5-19-17(22)12-8-16(21)20(10-12)14-4-7-26(23,24)11-14/h1-3,9,12,14H,4-8,10-11H2,(H,19,22). The number of benzene rings is 1. The quantitative estimate of drug-likeness (QED) is 0.715. The van der Waals surface area contributed by atoms with Gasteiger partial charge in [-0.25, -0.2) is 8.42 Å². The number of likely N-dealkylation sites (tertiary alicyclic amines) is 1. The molecule has 2 atom stereocenters. The summed E-state index contributed by atoms with van der Waals surface area (Å²) >= 11 is 5.87. The van der Waals surface area contributed by atoms with Crippen LogP contribution in [0.1, 0.15) is 12.8 Å². The molecule has 0 saturated carbocycles. The Hall–Kier alpha value is -1.80. The van der Waals surface area contributed by atoms with Gasteiger partial charge in [0.1, 0.15) is 12.4 Å². The molecular formula is C17H21ClN2O5S. The van der Waals surface area contributed by atoms with Gasteiger partial charge in [0.25, 0.3) is 0 Å². The van der Waals surface area contributed by atoms with E-state index in [1.165, 1.54) is 0 Å². The molecular weight excluding hydrogens is 380 g/mol. The minimum atomic E-state index is -3.06. The Bertz CT molecular complexity index is 798. The number of nitrogens with one attached hydrogen (secondary N) is 1. The average molecular weight is 401 g/mol. The molecule has 7 nitrogen and oxygen atoms in total. The highest BCUT2D eigenvalue weighted by Crippen LogP contribution is 2.26. The van der Waals surface area contributed by atoms with Crippen LogP contribution in [0.5, 0.6) is 5.75 Å². The molecule has 0 aromatic heterocycles. The molecule has 1 aromatic rings. The first-order chi connectivity index (χ1) is 12.3. The summed E-state index contributed by atoms with van der Waals surface area (Å²) in [6.45, 7) is 0.880. The number of rotatable bonds is 6. The van der Waals surface area contributed by atoms with Crippen molar-refractivity contribution in [2.75, 3.05) is 31.2 Å². The number of amides is 2. The van der Waals surface area contributed by atoms with Gasteiger partial charge in [0.15, 0.2) is 9.84 Å². The summed E-state index contributed by atoms with van der Waals surface area (Å²) in [6, 6.07) is 6.69. The molecule has 142 valence electrons.